The summed E-state index contributed by atoms with van der Waals surface area (Å²) < 4.78 is 116. The van der Waals surface area contributed by atoms with Crippen molar-refractivity contribution >= 4 is 35.4 Å². The molecule has 0 radical (unpaired) electrons. The summed E-state index contributed by atoms with van der Waals surface area (Å²) >= 11 is 0. The minimum Gasteiger partial charge on any atom is -0.446 e. The van der Waals surface area contributed by atoms with E-state index < -0.39 is 64.6 Å². The van der Waals surface area contributed by atoms with Gasteiger partial charge in [-0.05, 0) is 159 Å². The van der Waals surface area contributed by atoms with Crippen molar-refractivity contribution in [1.82, 2.24) is 34.3 Å². The normalized spacial score (nSPS) is 18.0. The quantitative estimate of drug-likeness (QED) is 0.0577. The predicted octanol–water partition coefficient (Wildman–Crippen LogP) is 13.3. The Kier molecular flexibility index (Phi) is 23.1. The number of benzene rings is 7. The Morgan fingerprint density at radius 1 is 0.614 bits per heavy atom. The van der Waals surface area contributed by atoms with E-state index in [4.69, 9.17) is 14.2 Å². The third kappa shape index (κ3) is 18.0. The molecular weight excluding hydrogens is 1310 g/mol. The van der Waals surface area contributed by atoms with Gasteiger partial charge in [-0.15, -0.1) is 0 Å². The Labute approximate surface area is 584 Å². The fourth-order valence-corrected chi connectivity index (χ4v) is 14.4. The number of anilines is 1. The second-order valence-electron chi connectivity index (χ2n) is 27.2. The number of hydrogen-bond donors (Lipinski definition) is 1. The van der Waals surface area contributed by atoms with Gasteiger partial charge >= 0.3 is 18.4 Å². The number of hydrogen-bond acceptors (Lipinski definition) is 11. The molecule has 7 aromatic carbocycles. The molecule has 5 amide bonds. The van der Waals surface area contributed by atoms with E-state index in [9.17, 15) is 54.7 Å². The van der Waals surface area contributed by atoms with Gasteiger partial charge in [0.1, 0.15) is 30.9 Å². The maximum Gasteiger partial charge on any atom is 0.416 e. The molecule has 23 heteroatoms. The third-order valence-corrected chi connectivity index (χ3v) is 20.2. The SMILES string of the molecule is CN(Cc1ccc(C(=O)N(C)CCCN(C)C(=O)CO[C@H]2Cc3ccccc3C23CCN(CC[C@]2(c4ccc(F)cc4)CN(C(=O)c4cc(C(F)(F)F)cc(C(F)(F)F)c4)CO2)CC3)cc1)Cc1ccc(C(=O)N(C)CCN2CCC(OC(=O)Nc3ccccc3-c3ccccc3)CC2)cc1. The second kappa shape index (κ2) is 31.9. The van der Waals surface area contributed by atoms with Crippen molar-refractivity contribution in [2.24, 2.45) is 0 Å². The third-order valence-electron chi connectivity index (χ3n) is 20.2. The molecule has 3 aliphatic heterocycles. The van der Waals surface area contributed by atoms with Crippen LogP contribution in [-0.4, -0.2) is 183 Å². The molecule has 3 saturated heterocycles. The number of carbonyl (C=O) groups is 5. The molecule has 3 fully saturated rings. The van der Waals surface area contributed by atoms with Crippen LogP contribution in [0.15, 0.2) is 170 Å². The molecule has 11 rings (SSSR count). The largest absolute Gasteiger partial charge is 0.446 e. The van der Waals surface area contributed by atoms with E-state index >= 15 is 0 Å². The average molecular weight is 1400 g/mol. The molecule has 1 spiro atoms. The predicted molar refractivity (Wildman–Crippen MR) is 369 cm³/mol. The fraction of sp³-hybridized carbons (Fsp3) is 0.397. The molecule has 1 N–H and O–H groups in total. The van der Waals surface area contributed by atoms with E-state index in [2.05, 4.69) is 32.1 Å². The Morgan fingerprint density at radius 3 is 1.80 bits per heavy atom. The van der Waals surface area contributed by atoms with E-state index in [1.807, 2.05) is 129 Å². The summed E-state index contributed by atoms with van der Waals surface area (Å²) in [6.07, 6.45) is -7.12. The lowest BCUT2D eigenvalue weighted by Gasteiger charge is -2.44. The summed E-state index contributed by atoms with van der Waals surface area (Å²) in [7, 11) is 7.29. The first-order valence-electron chi connectivity index (χ1n) is 34.2. The molecule has 0 unspecified atom stereocenters. The lowest BCUT2D eigenvalue weighted by molar-refractivity contribution is -0.143. The molecule has 7 aromatic rings. The van der Waals surface area contributed by atoms with Crippen LogP contribution in [-0.2, 0) is 61.9 Å². The number of nitrogens with one attached hydrogen (secondary N) is 1. The van der Waals surface area contributed by atoms with Gasteiger partial charge in [0.25, 0.3) is 17.7 Å². The fourth-order valence-electron chi connectivity index (χ4n) is 14.4. The molecule has 534 valence electrons. The highest BCUT2D eigenvalue weighted by Crippen LogP contribution is 2.49. The number of likely N-dealkylation sites (tertiary alicyclic amines) is 2. The monoisotopic (exact) mass is 1390 g/mol. The number of piperidine rings is 2. The summed E-state index contributed by atoms with van der Waals surface area (Å²) in [6.45, 7) is 5.68. The summed E-state index contributed by atoms with van der Waals surface area (Å²) in [6, 6.07) is 47.2. The molecule has 0 bridgehead atoms. The zero-order valence-corrected chi connectivity index (χ0v) is 57.2. The number of nitrogens with zero attached hydrogens (tertiary/aromatic N) is 7. The molecule has 0 aromatic heterocycles. The molecule has 2 atom stereocenters. The first-order chi connectivity index (χ1) is 48.3. The number of alkyl halides is 6. The van der Waals surface area contributed by atoms with Gasteiger partial charge in [0.05, 0.1) is 29.5 Å². The number of amides is 5. The van der Waals surface area contributed by atoms with Crippen LogP contribution in [0, 0.1) is 5.82 Å². The maximum atomic E-state index is 14.3. The van der Waals surface area contributed by atoms with E-state index in [1.165, 1.54) is 24.3 Å². The highest BCUT2D eigenvalue weighted by Gasteiger charge is 2.50. The first kappa shape index (κ1) is 73.2. The summed E-state index contributed by atoms with van der Waals surface area (Å²) in [5, 5.41) is 2.93. The van der Waals surface area contributed by atoms with Crippen LogP contribution in [0.3, 0.4) is 0 Å². The number of para-hydroxylation sites is 1. The van der Waals surface area contributed by atoms with Crippen LogP contribution in [0.4, 0.5) is 41.2 Å². The van der Waals surface area contributed by atoms with Crippen molar-refractivity contribution < 1.29 is 68.9 Å². The summed E-state index contributed by atoms with van der Waals surface area (Å²) in [5.41, 5.74) is 2.96. The Morgan fingerprint density at radius 2 is 1.18 bits per heavy atom. The number of carbonyl (C=O) groups excluding carboxylic acids is 5. The van der Waals surface area contributed by atoms with E-state index in [-0.39, 0.29) is 55.6 Å². The van der Waals surface area contributed by atoms with Crippen molar-refractivity contribution in [2.45, 2.75) is 93.6 Å². The van der Waals surface area contributed by atoms with Gasteiger partial charge in [-0.2, -0.15) is 26.3 Å². The van der Waals surface area contributed by atoms with E-state index in [0.29, 0.717) is 132 Å². The molecule has 3 heterocycles. The Bertz CT molecular complexity index is 3980. The number of ether oxygens (including phenoxy) is 3. The van der Waals surface area contributed by atoms with E-state index in [1.54, 1.807) is 28.8 Å². The Hall–Kier alpha value is -9.00. The van der Waals surface area contributed by atoms with Crippen LogP contribution in [0.2, 0.25) is 0 Å². The highest BCUT2D eigenvalue weighted by atomic mass is 19.4. The minimum atomic E-state index is -5.15. The van der Waals surface area contributed by atoms with Crippen LogP contribution in [0.5, 0.6) is 0 Å². The van der Waals surface area contributed by atoms with Crippen molar-refractivity contribution in [3.05, 3.63) is 231 Å². The van der Waals surface area contributed by atoms with Crippen molar-refractivity contribution in [3.8, 4) is 11.1 Å². The standard InChI is InChI=1S/C78H85F7N8O8/c1-87(50-55-21-25-58(26-22-55)72(96)90(4)43-44-91-38-31-65(32-39-91)101-74(98)86-68-18-11-9-16-66(68)56-13-6-5-7-14-56)49-54-19-23-57(24-20-54)71(95)89(3)37-12-36-88(2)70(94)51-99-69-47-59-15-8-10-17-67(59)75(69)33-40-92(41-34-75)42-35-76(61-27-29-64(79)30-28-61)52-93(53-100-76)73(97)60-45-62(77(80,81)82)48-63(46-60)78(83,84)85/h5-11,13-30,45-46,48,65,69H,12,31-44,47,49-53H2,1-4H3,(H,86,98)/t69-,76+/m0/s1. The van der Waals surface area contributed by atoms with E-state index in [0.717, 1.165) is 51.4 Å². The van der Waals surface area contributed by atoms with Gasteiger partial charge in [-0.25, -0.2) is 9.18 Å². The number of rotatable bonds is 24. The number of halogens is 7. The van der Waals surface area contributed by atoms with Gasteiger partial charge < -0.3 is 43.6 Å². The minimum absolute atomic E-state index is 0.0285. The highest BCUT2D eigenvalue weighted by molar-refractivity contribution is 5.96. The lowest BCUT2D eigenvalue weighted by Crippen LogP contribution is -2.50. The molecular formula is C78H85F7N8O8. The van der Waals surface area contributed by atoms with Crippen LogP contribution in [0.25, 0.3) is 11.1 Å². The topological polar surface area (TPSA) is 148 Å². The molecule has 1 aliphatic carbocycles. The van der Waals surface area contributed by atoms with Crippen LogP contribution >= 0.6 is 0 Å². The molecule has 16 nitrogen and oxygen atoms in total. The molecule has 101 heavy (non-hydrogen) atoms. The maximum absolute atomic E-state index is 14.3. The van der Waals surface area contributed by atoms with Gasteiger partial charge in [0.2, 0.25) is 5.91 Å². The molecule has 4 aliphatic rings. The summed E-state index contributed by atoms with van der Waals surface area (Å²) in [5.74, 6) is -2.00. The molecule has 0 saturated carbocycles. The van der Waals surface area contributed by atoms with Crippen molar-refractivity contribution in [2.75, 3.05) is 112 Å². The van der Waals surface area contributed by atoms with Crippen molar-refractivity contribution in [1.29, 1.82) is 0 Å². The van der Waals surface area contributed by atoms with Gasteiger partial charge in [0.15, 0.2) is 0 Å². The zero-order valence-electron chi connectivity index (χ0n) is 57.2. The second-order valence-corrected chi connectivity index (χ2v) is 27.2. The van der Waals surface area contributed by atoms with Gasteiger partial charge in [-0.1, -0.05) is 109 Å². The van der Waals surface area contributed by atoms with Crippen molar-refractivity contribution in [3.63, 3.8) is 0 Å². The smallest absolute Gasteiger partial charge is 0.416 e. The average Bonchev–Trinajstić information content (AvgIpc) is 1.61. The summed E-state index contributed by atoms with van der Waals surface area (Å²) in [4.78, 5) is 80.2. The van der Waals surface area contributed by atoms with Crippen LogP contribution < -0.4 is 5.32 Å². The zero-order chi connectivity index (χ0) is 71.6. The first-order valence-corrected chi connectivity index (χ1v) is 34.2. The van der Waals surface area contributed by atoms with Crippen LogP contribution in [0.1, 0.15) is 109 Å². The number of fused-ring (bicyclic) bond motifs is 2. The Balaban J connectivity index is 0.587. The van der Waals surface area contributed by atoms with Gasteiger partial charge in [0, 0.05) is 108 Å². The van der Waals surface area contributed by atoms with Gasteiger partial charge in [-0.3, -0.25) is 29.4 Å². The number of likely N-dealkylation sites (N-methyl/N-ethyl adjacent to an activating group) is 2. The lowest BCUT2D eigenvalue weighted by atomic mass is 9.72.